The maximum Gasteiger partial charge on any atom is 0.121 e. The van der Waals surface area contributed by atoms with Crippen molar-refractivity contribution in [2.24, 2.45) is 0 Å². The van der Waals surface area contributed by atoms with Crippen LogP contribution in [0.4, 0.5) is 11.4 Å². The number of hydrogen-bond acceptors (Lipinski definition) is 6. The Morgan fingerprint density at radius 3 is 2.23 bits per heavy atom. The summed E-state index contributed by atoms with van der Waals surface area (Å²) in [4.78, 5) is 0. The second-order valence-corrected chi connectivity index (χ2v) is 7.07. The van der Waals surface area contributed by atoms with Gasteiger partial charge in [0.1, 0.15) is 11.5 Å². The Morgan fingerprint density at radius 2 is 1.60 bits per heavy atom. The molecule has 0 bridgehead atoms. The van der Waals surface area contributed by atoms with E-state index in [0.29, 0.717) is 17.7 Å². The van der Waals surface area contributed by atoms with Crippen molar-refractivity contribution in [3.05, 3.63) is 83.4 Å². The molecule has 0 heterocycles. The molecule has 0 spiro atoms. The Hall–Kier alpha value is -3.06. The fourth-order valence-corrected chi connectivity index (χ4v) is 3.12. The van der Waals surface area contributed by atoms with Crippen molar-refractivity contribution in [2.75, 3.05) is 25.5 Å². The fraction of sp³-hybridized carbons (Fsp3) is 0.250. The molecule has 0 radical (unpaired) electrons. The van der Waals surface area contributed by atoms with Crippen LogP contribution in [0.3, 0.4) is 0 Å². The predicted molar refractivity (Wildman–Crippen MR) is 118 cm³/mol. The average molecular weight is 408 g/mol. The third kappa shape index (κ3) is 5.97. The van der Waals surface area contributed by atoms with E-state index in [1.165, 1.54) is 11.6 Å². The lowest BCUT2D eigenvalue weighted by Gasteiger charge is -2.14. The Kier molecular flexibility index (Phi) is 7.68. The lowest BCUT2D eigenvalue weighted by molar-refractivity contribution is 0.174. The van der Waals surface area contributed by atoms with E-state index in [-0.39, 0.29) is 12.4 Å². The van der Waals surface area contributed by atoms with Crippen LogP contribution in [0.2, 0.25) is 0 Å². The van der Waals surface area contributed by atoms with Crippen molar-refractivity contribution in [3.8, 4) is 11.5 Å². The molecule has 1 atom stereocenters. The first kappa shape index (κ1) is 21.6. The number of benzene rings is 3. The van der Waals surface area contributed by atoms with Crippen LogP contribution >= 0.6 is 0 Å². The van der Waals surface area contributed by atoms with Gasteiger partial charge in [-0.05, 0) is 72.6 Å². The number of anilines is 2. The molecule has 0 fully saturated rings. The Labute approximate surface area is 176 Å². The number of nitrogens with one attached hydrogen (secondary N) is 2. The van der Waals surface area contributed by atoms with Gasteiger partial charge in [-0.1, -0.05) is 18.2 Å². The monoisotopic (exact) mass is 408 g/mol. The number of aromatic hydroxyl groups is 1. The van der Waals surface area contributed by atoms with E-state index in [9.17, 15) is 15.3 Å². The highest BCUT2D eigenvalue weighted by molar-refractivity contribution is 5.60. The molecule has 0 amide bonds. The molecule has 0 aliphatic carbocycles. The SMILES string of the molecule is COc1ccc(Nc2ccc(CCNC[C@@H](O)c3ccc(O)c(CO)c3)cc2)cc1. The summed E-state index contributed by atoms with van der Waals surface area (Å²) in [6, 6.07) is 20.8. The molecule has 6 nitrogen and oxygen atoms in total. The average Bonchev–Trinajstić information content (AvgIpc) is 2.78. The number of phenols is 1. The Morgan fingerprint density at radius 1 is 0.933 bits per heavy atom. The van der Waals surface area contributed by atoms with E-state index >= 15 is 0 Å². The number of aliphatic hydroxyl groups excluding tert-OH is 2. The van der Waals surface area contributed by atoms with Gasteiger partial charge in [-0.2, -0.15) is 0 Å². The first-order valence-electron chi connectivity index (χ1n) is 9.90. The number of methoxy groups -OCH3 is 1. The van der Waals surface area contributed by atoms with Crippen molar-refractivity contribution >= 4 is 11.4 Å². The van der Waals surface area contributed by atoms with Gasteiger partial charge in [0, 0.05) is 23.5 Å². The fourth-order valence-electron chi connectivity index (χ4n) is 3.12. The lowest BCUT2D eigenvalue weighted by Crippen LogP contribution is -2.23. The zero-order valence-corrected chi connectivity index (χ0v) is 17.0. The highest BCUT2D eigenvalue weighted by atomic mass is 16.5. The van der Waals surface area contributed by atoms with Crippen LogP contribution in [0.5, 0.6) is 11.5 Å². The third-order valence-electron chi connectivity index (χ3n) is 4.92. The molecule has 30 heavy (non-hydrogen) atoms. The molecular formula is C24H28N2O4. The zero-order valence-electron chi connectivity index (χ0n) is 17.0. The van der Waals surface area contributed by atoms with Gasteiger partial charge in [0.25, 0.3) is 0 Å². The van der Waals surface area contributed by atoms with Gasteiger partial charge >= 0.3 is 0 Å². The van der Waals surface area contributed by atoms with Crippen molar-refractivity contribution in [1.29, 1.82) is 0 Å². The van der Waals surface area contributed by atoms with Gasteiger partial charge in [-0.15, -0.1) is 0 Å². The minimum absolute atomic E-state index is 0.0336. The van der Waals surface area contributed by atoms with Crippen molar-refractivity contribution < 1.29 is 20.1 Å². The highest BCUT2D eigenvalue weighted by Gasteiger charge is 2.10. The summed E-state index contributed by atoms with van der Waals surface area (Å²) >= 11 is 0. The van der Waals surface area contributed by atoms with Crippen molar-refractivity contribution in [3.63, 3.8) is 0 Å². The third-order valence-corrected chi connectivity index (χ3v) is 4.92. The van der Waals surface area contributed by atoms with E-state index in [1.54, 1.807) is 19.2 Å². The van der Waals surface area contributed by atoms with Crippen LogP contribution in [-0.2, 0) is 13.0 Å². The van der Waals surface area contributed by atoms with Crippen LogP contribution in [0, 0.1) is 0 Å². The Bertz CT molecular complexity index is 927. The van der Waals surface area contributed by atoms with Crippen LogP contribution in [-0.4, -0.2) is 35.5 Å². The molecule has 5 N–H and O–H groups in total. The molecule has 0 aromatic heterocycles. The van der Waals surface area contributed by atoms with E-state index in [4.69, 9.17) is 4.74 Å². The second-order valence-electron chi connectivity index (χ2n) is 7.07. The maximum absolute atomic E-state index is 10.3. The molecule has 0 aliphatic heterocycles. The van der Waals surface area contributed by atoms with Crippen LogP contribution in [0.1, 0.15) is 22.8 Å². The van der Waals surface area contributed by atoms with Crippen molar-refractivity contribution in [1.82, 2.24) is 5.32 Å². The minimum atomic E-state index is -0.702. The van der Waals surface area contributed by atoms with Gasteiger partial charge in [0.05, 0.1) is 19.8 Å². The van der Waals surface area contributed by atoms with Gasteiger partial charge in [-0.3, -0.25) is 0 Å². The number of ether oxygens (including phenoxy) is 1. The summed E-state index contributed by atoms with van der Waals surface area (Å²) in [5.74, 6) is 0.860. The summed E-state index contributed by atoms with van der Waals surface area (Å²) < 4.78 is 5.17. The summed E-state index contributed by atoms with van der Waals surface area (Å²) in [5.41, 5.74) is 4.29. The topological polar surface area (TPSA) is 94.0 Å². The smallest absolute Gasteiger partial charge is 0.121 e. The van der Waals surface area contributed by atoms with Crippen LogP contribution in [0.15, 0.2) is 66.7 Å². The van der Waals surface area contributed by atoms with Gasteiger partial charge < -0.3 is 30.7 Å². The zero-order chi connectivity index (χ0) is 21.3. The standard InChI is InChI=1S/C24H28N2O4/c1-30-22-9-7-21(8-10-22)26-20-5-2-17(3-6-20)12-13-25-15-24(29)18-4-11-23(28)19(14-18)16-27/h2-11,14,24-29H,12-13,15-16H2,1H3/t24-/m1/s1. The maximum atomic E-state index is 10.3. The van der Waals surface area contributed by atoms with E-state index in [0.717, 1.165) is 30.1 Å². The largest absolute Gasteiger partial charge is 0.508 e. The lowest BCUT2D eigenvalue weighted by atomic mass is 10.1. The normalized spacial score (nSPS) is 11.8. The molecule has 3 aromatic rings. The molecule has 0 saturated heterocycles. The first-order chi connectivity index (χ1) is 14.6. The van der Waals surface area contributed by atoms with Crippen LogP contribution < -0.4 is 15.4 Å². The number of rotatable bonds is 10. The molecule has 0 saturated carbocycles. The highest BCUT2D eigenvalue weighted by Crippen LogP contribution is 2.22. The van der Waals surface area contributed by atoms with Gasteiger partial charge in [0.15, 0.2) is 0 Å². The first-order valence-corrected chi connectivity index (χ1v) is 9.90. The second kappa shape index (κ2) is 10.6. The van der Waals surface area contributed by atoms with Gasteiger partial charge in [0.2, 0.25) is 0 Å². The van der Waals surface area contributed by atoms with E-state index in [2.05, 4.69) is 22.8 Å². The quantitative estimate of drug-likeness (QED) is 0.330. The number of hydrogen-bond donors (Lipinski definition) is 5. The van der Waals surface area contributed by atoms with Crippen LogP contribution in [0.25, 0.3) is 0 Å². The predicted octanol–water partition coefficient (Wildman–Crippen LogP) is 3.50. The molecule has 3 aromatic carbocycles. The molecule has 0 aliphatic rings. The van der Waals surface area contributed by atoms with Gasteiger partial charge in [-0.25, -0.2) is 0 Å². The minimum Gasteiger partial charge on any atom is -0.508 e. The Balaban J connectivity index is 1.43. The molecule has 0 unspecified atom stereocenters. The molecular weight excluding hydrogens is 380 g/mol. The van der Waals surface area contributed by atoms with E-state index in [1.807, 2.05) is 36.4 Å². The molecule has 3 rings (SSSR count). The van der Waals surface area contributed by atoms with Crippen molar-refractivity contribution in [2.45, 2.75) is 19.1 Å². The summed E-state index contributed by atoms with van der Waals surface area (Å²) in [7, 11) is 1.65. The molecule has 158 valence electrons. The number of aliphatic hydroxyl groups is 2. The summed E-state index contributed by atoms with van der Waals surface area (Å²) in [6.07, 6.45) is 0.138. The van der Waals surface area contributed by atoms with E-state index < -0.39 is 6.10 Å². The summed E-state index contributed by atoms with van der Waals surface area (Å²) in [5, 5.41) is 35.7. The molecule has 6 heteroatoms. The summed E-state index contributed by atoms with van der Waals surface area (Å²) in [6.45, 7) is 0.864.